The van der Waals surface area contributed by atoms with Crippen molar-refractivity contribution in [2.45, 2.75) is 31.6 Å². The molecule has 0 aromatic heterocycles. The van der Waals surface area contributed by atoms with Gasteiger partial charge in [0.1, 0.15) is 11.6 Å². The van der Waals surface area contributed by atoms with Crippen LogP contribution >= 0.6 is 0 Å². The van der Waals surface area contributed by atoms with Crippen molar-refractivity contribution in [3.05, 3.63) is 79.9 Å². The maximum Gasteiger partial charge on any atom is 0.269 e. The van der Waals surface area contributed by atoms with E-state index in [1.807, 2.05) is 0 Å². The van der Waals surface area contributed by atoms with Gasteiger partial charge < -0.3 is 0 Å². The van der Waals surface area contributed by atoms with Gasteiger partial charge in [0.15, 0.2) is 0 Å². The van der Waals surface area contributed by atoms with Crippen molar-refractivity contribution < 1.29 is 19.4 Å². The Morgan fingerprint density at radius 3 is 1.46 bits per heavy atom. The number of carbonyl (C=O) groups is 2. The van der Waals surface area contributed by atoms with Crippen LogP contribution in [0.4, 0.5) is 11.4 Å². The van der Waals surface area contributed by atoms with E-state index in [4.69, 9.17) is 0 Å². The fraction of sp³-hybridized carbons (Fsp3) is 0.300. The number of rotatable bonds is 5. The number of nitro groups is 2. The maximum atomic E-state index is 12.5. The van der Waals surface area contributed by atoms with Gasteiger partial charge in [-0.1, -0.05) is 24.3 Å². The van der Waals surface area contributed by atoms with Crippen molar-refractivity contribution in [3.8, 4) is 0 Å². The molecule has 1 fully saturated rings. The van der Waals surface area contributed by atoms with E-state index in [-0.39, 0.29) is 47.6 Å². The molecule has 0 bridgehead atoms. The summed E-state index contributed by atoms with van der Waals surface area (Å²) < 4.78 is 0. The Hall–Kier alpha value is -3.42. The molecular weight excluding hydrogens is 364 g/mol. The number of hydrogen-bond donors (Lipinski definition) is 0. The molecule has 2 aromatic rings. The lowest BCUT2D eigenvalue weighted by atomic mass is 9.65. The van der Waals surface area contributed by atoms with Gasteiger partial charge in [0.05, 0.1) is 9.85 Å². The van der Waals surface area contributed by atoms with E-state index < -0.39 is 15.8 Å². The number of nitrogens with zero attached hydrogens (tertiary/aromatic N) is 2. The van der Waals surface area contributed by atoms with E-state index in [1.165, 1.54) is 31.2 Å². The Morgan fingerprint density at radius 1 is 0.821 bits per heavy atom. The number of benzene rings is 2. The van der Waals surface area contributed by atoms with Crippen LogP contribution in [0.1, 0.15) is 42.7 Å². The van der Waals surface area contributed by atoms with Crippen LogP contribution < -0.4 is 0 Å². The maximum absolute atomic E-state index is 12.5. The molecule has 0 saturated heterocycles. The van der Waals surface area contributed by atoms with Crippen LogP contribution in [0.2, 0.25) is 0 Å². The predicted molar refractivity (Wildman–Crippen MR) is 100 cm³/mol. The summed E-state index contributed by atoms with van der Waals surface area (Å²) in [7, 11) is 0. The molecule has 1 unspecified atom stereocenters. The number of Topliss-reactive ketones (excluding diaryl/α,β-unsaturated/α-hetero) is 2. The SMILES string of the molecule is CC(=O)C1[C@@H](c2ccc([N+](=O)[O-])cc2)CC(=O)C[C@H]1c1ccc([N+](=O)[O-])cc1. The summed E-state index contributed by atoms with van der Waals surface area (Å²) >= 11 is 0. The van der Waals surface area contributed by atoms with Crippen LogP contribution in [0.3, 0.4) is 0 Å². The van der Waals surface area contributed by atoms with Gasteiger partial charge >= 0.3 is 0 Å². The molecule has 0 amide bonds. The highest BCUT2D eigenvalue weighted by molar-refractivity contribution is 5.88. The minimum atomic E-state index is -0.502. The van der Waals surface area contributed by atoms with E-state index in [2.05, 4.69) is 0 Å². The first-order valence-corrected chi connectivity index (χ1v) is 8.78. The monoisotopic (exact) mass is 382 g/mol. The standard InChI is InChI=1S/C20H18N2O6/c1-12(23)20-18(13-2-6-15(7-3-13)21(25)26)10-17(24)11-19(20)14-4-8-16(9-5-14)22(27)28/h2-9,18-20H,10-11H2,1H3/t18-,19+,20?. The molecule has 28 heavy (non-hydrogen) atoms. The first kappa shape index (κ1) is 19.3. The second-order valence-corrected chi connectivity index (χ2v) is 6.99. The van der Waals surface area contributed by atoms with Crippen LogP contribution in [-0.2, 0) is 9.59 Å². The van der Waals surface area contributed by atoms with Crippen molar-refractivity contribution in [3.63, 3.8) is 0 Å². The molecule has 0 spiro atoms. The van der Waals surface area contributed by atoms with E-state index in [9.17, 15) is 29.8 Å². The molecule has 8 heteroatoms. The minimum absolute atomic E-state index is 0.00999. The van der Waals surface area contributed by atoms with E-state index in [0.717, 1.165) is 0 Å². The normalized spacial score (nSPS) is 21.9. The average molecular weight is 382 g/mol. The molecule has 0 radical (unpaired) electrons. The summed E-state index contributed by atoms with van der Waals surface area (Å²) in [5.74, 6) is -1.36. The van der Waals surface area contributed by atoms with E-state index >= 15 is 0 Å². The summed E-state index contributed by atoms with van der Waals surface area (Å²) in [5, 5.41) is 21.8. The van der Waals surface area contributed by atoms with Gasteiger partial charge in [-0.2, -0.15) is 0 Å². The van der Waals surface area contributed by atoms with Crippen LogP contribution in [0, 0.1) is 26.1 Å². The topological polar surface area (TPSA) is 120 Å². The Labute approximate surface area is 160 Å². The Kier molecular flexibility index (Phi) is 5.30. The third kappa shape index (κ3) is 3.80. The van der Waals surface area contributed by atoms with E-state index in [0.29, 0.717) is 11.1 Å². The molecule has 3 atom stereocenters. The summed E-state index contributed by atoms with van der Waals surface area (Å²) in [4.78, 5) is 45.7. The predicted octanol–water partition coefficient (Wildman–Crippen LogP) is 3.94. The molecule has 1 aliphatic rings. The lowest BCUT2D eigenvalue weighted by molar-refractivity contribution is -0.385. The van der Waals surface area contributed by atoms with Gasteiger partial charge in [-0.15, -0.1) is 0 Å². The first-order valence-electron chi connectivity index (χ1n) is 8.78. The summed E-state index contributed by atoms with van der Waals surface area (Å²) in [5.41, 5.74) is 1.28. The van der Waals surface area contributed by atoms with Crippen LogP contribution in [0.25, 0.3) is 0 Å². The quantitative estimate of drug-likeness (QED) is 0.570. The fourth-order valence-electron chi connectivity index (χ4n) is 4.01. The molecule has 8 nitrogen and oxygen atoms in total. The zero-order valence-electron chi connectivity index (χ0n) is 15.1. The summed E-state index contributed by atoms with van der Waals surface area (Å²) in [6, 6.07) is 11.8. The molecule has 0 heterocycles. The van der Waals surface area contributed by atoms with Crippen molar-refractivity contribution >= 4 is 22.9 Å². The van der Waals surface area contributed by atoms with Gasteiger partial charge in [-0.3, -0.25) is 29.8 Å². The number of nitro benzene ring substituents is 2. The molecule has 144 valence electrons. The second kappa shape index (κ2) is 7.67. The molecule has 3 rings (SSSR count). The van der Waals surface area contributed by atoms with Gasteiger partial charge in [0.25, 0.3) is 11.4 Å². The average Bonchev–Trinajstić information content (AvgIpc) is 2.67. The molecular formula is C20H18N2O6. The lowest BCUT2D eigenvalue weighted by Crippen LogP contribution is -2.34. The van der Waals surface area contributed by atoms with Crippen LogP contribution in [0.5, 0.6) is 0 Å². The summed E-state index contributed by atoms with van der Waals surface area (Å²) in [6.07, 6.45) is 0.372. The number of carbonyl (C=O) groups excluding carboxylic acids is 2. The van der Waals surface area contributed by atoms with Crippen molar-refractivity contribution in [1.82, 2.24) is 0 Å². The zero-order chi connectivity index (χ0) is 20.4. The van der Waals surface area contributed by atoms with Gasteiger partial charge in [0.2, 0.25) is 0 Å². The number of non-ortho nitro benzene ring substituents is 2. The van der Waals surface area contributed by atoms with Gasteiger partial charge in [-0.05, 0) is 18.1 Å². The van der Waals surface area contributed by atoms with Crippen molar-refractivity contribution in [2.24, 2.45) is 5.92 Å². The van der Waals surface area contributed by atoms with Gasteiger partial charge in [-0.25, -0.2) is 0 Å². The Bertz CT molecular complexity index is 867. The third-order valence-corrected chi connectivity index (χ3v) is 5.30. The second-order valence-electron chi connectivity index (χ2n) is 6.99. The van der Waals surface area contributed by atoms with Crippen molar-refractivity contribution in [2.75, 3.05) is 0 Å². The Balaban J connectivity index is 1.98. The number of hydrogen-bond acceptors (Lipinski definition) is 6. The lowest BCUT2D eigenvalue weighted by Gasteiger charge is -2.36. The highest BCUT2D eigenvalue weighted by Gasteiger charge is 2.41. The highest BCUT2D eigenvalue weighted by Crippen LogP contribution is 2.45. The molecule has 1 saturated carbocycles. The molecule has 2 aromatic carbocycles. The van der Waals surface area contributed by atoms with Crippen LogP contribution in [0.15, 0.2) is 48.5 Å². The third-order valence-electron chi connectivity index (χ3n) is 5.30. The van der Waals surface area contributed by atoms with Crippen LogP contribution in [-0.4, -0.2) is 21.4 Å². The van der Waals surface area contributed by atoms with Gasteiger partial charge in [0, 0.05) is 54.9 Å². The minimum Gasteiger partial charge on any atom is -0.300 e. The highest BCUT2D eigenvalue weighted by atomic mass is 16.6. The largest absolute Gasteiger partial charge is 0.300 e. The van der Waals surface area contributed by atoms with E-state index in [1.54, 1.807) is 24.3 Å². The smallest absolute Gasteiger partial charge is 0.269 e. The summed E-state index contributed by atoms with van der Waals surface area (Å²) in [6.45, 7) is 1.47. The number of ketones is 2. The zero-order valence-corrected chi connectivity index (χ0v) is 15.1. The Morgan fingerprint density at radius 2 is 1.18 bits per heavy atom. The fourth-order valence-corrected chi connectivity index (χ4v) is 4.01. The molecule has 1 aliphatic carbocycles. The molecule has 0 aliphatic heterocycles. The first-order chi connectivity index (χ1) is 13.3. The van der Waals surface area contributed by atoms with Crippen molar-refractivity contribution in [1.29, 1.82) is 0 Å². The molecule has 0 N–H and O–H groups in total.